The summed E-state index contributed by atoms with van der Waals surface area (Å²) in [6, 6.07) is 1.76. The molecule has 2 fully saturated rings. The zero-order valence-electron chi connectivity index (χ0n) is 15.1. The first-order chi connectivity index (χ1) is 11.9. The molecule has 7 nitrogen and oxygen atoms in total. The van der Waals surface area contributed by atoms with E-state index in [1.54, 1.807) is 11.0 Å². The maximum atomic E-state index is 12.8. The number of likely N-dealkylation sites (tertiary alicyclic amines) is 2. The van der Waals surface area contributed by atoms with Gasteiger partial charge < -0.3 is 15.5 Å². The second kappa shape index (κ2) is 7.47. The molecule has 3 heterocycles. The van der Waals surface area contributed by atoms with Gasteiger partial charge in [0, 0.05) is 37.2 Å². The van der Waals surface area contributed by atoms with E-state index in [0.717, 1.165) is 37.4 Å². The summed E-state index contributed by atoms with van der Waals surface area (Å²) in [5.41, 5.74) is 6.66. The van der Waals surface area contributed by atoms with Gasteiger partial charge in [-0.05, 0) is 52.3 Å². The van der Waals surface area contributed by atoms with Crippen molar-refractivity contribution in [1.29, 1.82) is 0 Å². The second-order valence-corrected chi connectivity index (χ2v) is 7.32. The number of aromatic nitrogens is 2. The van der Waals surface area contributed by atoms with Crippen molar-refractivity contribution in [3.63, 3.8) is 0 Å². The zero-order chi connectivity index (χ0) is 18.0. The molecule has 7 heteroatoms. The number of hydrogen-bond donors (Lipinski definition) is 1. The lowest BCUT2D eigenvalue weighted by Crippen LogP contribution is -2.42. The number of aryl methyl sites for hydroxylation is 1. The van der Waals surface area contributed by atoms with Gasteiger partial charge in [-0.15, -0.1) is 0 Å². The predicted molar refractivity (Wildman–Crippen MR) is 94.1 cm³/mol. The Kier molecular flexibility index (Phi) is 5.32. The van der Waals surface area contributed by atoms with Gasteiger partial charge in [0.2, 0.25) is 5.91 Å². The topological polar surface area (TPSA) is 92.4 Å². The second-order valence-electron chi connectivity index (χ2n) is 7.32. The van der Waals surface area contributed by atoms with Gasteiger partial charge in [-0.25, -0.2) is 9.97 Å². The normalized spacial score (nSPS) is 22.8. The molecular formula is C18H27N5O2. The molecule has 2 saturated heterocycles. The van der Waals surface area contributed by atoms with E-state index in [9.17, 15) is 9.59 Å². The van der Waals surface area contributed by atoms with Crippen LogP contribution in [0.1, 0.15) is 53.6 Å². The van der Waals surface area contributed by atoms with Crippen molar-refractivity contribution in [2.24, 2.45) is 11.7 Å². The smallest absolute Gasteiger partial charge is 0.272 e. The molecular weight excluding hydrogens is 318 g/mol. The van der Waals surface area contributed by atoms with Crippen LogP contribution < -0.4 is 5.73 Å². The van der Waals surface area contributed by atoms with Crippen molar-refractivity contribution in [3.05, 3.63) is 23.3 Å². The molecule has 136 valence electrons. The highest BCUT2D eigenvalue weighted by molar-refractivity contribution is 5.92. The Morgan fingerprint density at radius 1 is 1.16 bits per heavy atom. The molecule has 1 atom stereocenters. The molecule has 2 aliphatic heterocycles. The van der Waals surface area contributed by atoms with Crippen LogP contribution in [0.15, 0.2) is 6.07 Å². The van der Waals surface area contributed by atoms with Gasteiger partial charge >= 0.3 is 0 Å². The van der Waals surface area contributed by atoms with E-state index in [1.165, 1.54) is 0 Å². The number of likely N-dealkylation sites (N-methyl/N-ethyl adjacent to an activating group) is 1. The molecule has 0 unspecified atom stereocenters. The first kappa shape index (κ1) is 17.8. The molecule has 0 bridgehead atoms. The summed E-state index contributed by atoms with van der Waals surface area (Å²) < 4.78 is 0. The van der Waals surface area contributed by atoms with Crippen molar-refractivity contribution in [2.75, 3.05) is 33.2 Å². The summed E-state index contributed by atoms with van der Waals surface area (Å²) in [4.78, 5) is 37.4. The van der Waals surface area contributed by atoms with Gasteiger partial charge in [-0.3, -0.25) is 9.59 Å². The van der Waals surface area contributed by atoms with E-state index in [1.807, 2.05) is 6.92 Å². The van der Waals surface area contributed by atoms with Crippen molar-refractivity contribution in [3.8, 4) is 0 Å². The molecule has 1 aromatic heterocycles. The molecule has 0 aliphatic carbocycles. The van der Waals surface area contributed by atoms with Crippen LogP contribution in [0.25, 0.3) is 0 Å². The standard InChI is InChI=1S/C18H27N5O2/c1-12-10-15(18(25)23-8-5-13(6-9-23)16(19)24)21-17(20-12)14-4-3-7-22(2)11-14/h10,13-14H,3-9,11H2,1-2H3,(H2,19,24)/t14-/m0/s1. The lowest BCUT2D eigenvalue weighted by molar-refractivity contribution is -0.123. The van der Waals surface area contributed by atoms with Gasteiger partial charge in [0.15, 0.2) is 0 Å². The number of nitrogens with zero attached hydrogens (tertiary/aromatic N) is 4. The number of hydrogen-bond acceptors (Lipinski definition) is 5. The van der Waals surface area contributed by atoms with Crippen LogP contribution in [-0.4, -0.2) is 64.8 Å². The monoisotopic (exact) mass is 345 g/mol. The van der Waals surface area contributed by atoms with Gasteiger partial charge in [0.1, 0.15) is 11.5 Å². The Hall–Kier alpha value is -2.02. The van der Waals surface area contributed by atoms with Crippen LogP contribution >= 0.6 is 0 Å². The predicted octanol–water partition coefficient (Wildman–Crippen LogP) is 0.932. The average Bonchev–Trinajstić information content (AvgIpc) is 2.60. The number of primary amides is 1. The third kappa shape index (κ3) is 4.15. The highest BCUT2D eigenvalue weighted by atomic mass is 16.2. The van der Waals surface area contributed by atoms with Crippen molar-refractivity contribution in [1.82, 2.24) is 19.8 Å². The van der Waals surface area contributed by atoms with E-state index >= 15 is 0 Å². The maximum absolute atomic E-state index is 12.8. The quantitative estimate of drug-likeness (QED) is 0.880. The highest BCUT2D eigenvalue weighted by Crippen LogP contribution is 2.25. The van der Waals surface area contributed by atoms with Gasteiger partial charge in [-0.1, -0.05) is 0 Å². The number of piperidine rings is 2. The minimum atomic E-state index is -0.270. The summed E-state index contributed by atoms with van der Waals surface area (Å²) in [6.07, 6.45) is 3.45. The Morgan fingerprint density at radius 3 is 2.52 bits per heavy atom. The van der Waals surface area contributed by atoms with E-state index in [4.69, 9.17) is 5.73 Å². The molecule has 2 amide bonds. The first-order valence-electron chi connectivity index (χ1n) is 9.06. The van der Waals surface area contributed by atoms with E-state index in [2.05, 4.69) is 21.9 Å². The summed E-state index contributed by atoms with van der Waals surface area (Å²) in [5, 5.41) is 0. The van der Waals surface area contributed by atoms with Crippen LogP contribution in [0, 0.1) is 12.8 Å². The van der Waals surface area contributed by atoms with Crippen molar-refractivity contribution >= 4 is 11.8 Å². The Bertz CT molecular complexity index is 655. The Labute approximate surface area is 148 Å². The minimum Gasteiger partial charge on any atom is -0.369 e. The van der Waals surface area contributed by atoms with Gasteiger partial charge in [0.05, 0.1) is 0 Å². The first-order valence-corrected chi connectivity index (χ1v) is 9.06. The van der Waals surface area contributed by atoms with Crippen molar-refractivity contribution < 1.29 is 9.59 Å². The lowest BCUT2D eigenvalue weighted by Gasteiger charge is -2.31. The minimum absolute atomic E-state index is 0.0705. The number of carbonyl (C=O) groups is 2. The van der Waals surface area contributed by atoms with Crippen LogP contribution in [-0.2, 0) is 4.79 Å². The molecule has 0 saturated carbocycles. The van der Waals surface area contributed by atoms with Crippen LogP contribution in [0.3, 0.4) is 0 Å². The fraction of sp³-hybridized carbons (Fsp3) is 0.667. The van der Waals surface area contributed by atoms with Gasteiger partial charge in [-0.2, -0.15) is 0 Å². The average molecular weight is 345 g/mol. The summed E-state index contributed by atoms with van der Waals surface area (Å²) in [7, 11) is 2.11. The highest BCUT2D eigenvalue weighted by Gasteiger charge is 2.28. The largest absolute Gasteiger partial charge is 0.369 e. The summed E-state index contributed by atoms with van der Waals surface area (Å²) in [6.45, 7) is 5.05. The fourth-order valence-electron chi connectivity index (χ4n) is 3.79. The number of carbonyl (C=O) groups excluding carboxylic acids is 2. The molecule has 0 aromatic carbocycles. The summed E-state index contributed by atoms with van der Waals surface area (Å²) in [5.74, 6) is 0.602. The number of nitrogens with two attached hydrogens (primary N) is 1. The van der Waals surface area contributed by atoms with E-state index in [0.29, 0.717) is 31.6 Å². The lowest BCUT2D eigenvalue weighted by atomic mass is 9.96. The molecule has 2 aliphatic rings. The molecule has 1 aromatic rings. The molecule has 0 spiro atoms. The summed E-state index contributed by atoms with van der Waals surface area (Å²) >= 11 is 0. The van der Waals surface area contributed by atoms with E-state index < -0.39 is 0 Å². The van der Waals surface area contributed by atoms with Crippen LogP contribution in [0.2, 0.25) is 0 Å². The van der Waals surface area contributed by atoms with Gasteiger partial charge in [0.25, 0.3) is 5.91 Å². The third-order valence-corrected chi connectivity index (χ3v) is 5.26. The molecule has 25 heavy (non-hydrogen) atoms. The molecule has 0 radical (unpaired) electrons. The number of rotatable bonds is 3. The van der Waals surface area contributed by atoms with Crippen molar-refractivity contribution in [2.45, 2.75) is 38.5 Å². The third-order valence-electron chi connectivity index (χ3n) is 5.26. The van der Waals surface area contributed by atoms with E-state index in [-0.39, 0.29) is 23.7 Å². The SMILES string of the molecule is Cc1cc(C(=O)N2CCC(C(N)=O)CC2)nc([C@H]2CCCN(C)C2)n1. The Morgan fingerprint density at radius 2 is 1.88 bits per heavy atom. The van der Waals surface area contributed by atoms with Crippen LogP contribution in [0.4, 0.5) is 0 Å². The zero-order valence-corrected chi connectivity index (χ0v) is 15.1. The fourth-order valence-corrected chi connectivity index (χ4v) is 3.79. The van der Waals surface area contributed by atoms with Crippen LogP contribution in [0.5, 0.6) is 0 Å². The maximum Gasteiger partial charge on any atom is 0.272 e. The number of amides is 2. The molecule has 2 N–H and O–H groups in total. The molecule has 3 rings (SSSR count). The Balaban J connectivity index is 1.73.